The maximum atomic E-state index is 13.2. The van der Waals surface area contributed by atoms with Gasteiger partial charge in [-0.05, 0) is 66.0 Å². The molecule has 2 aromatic carbocycles. The third kappa shape index (κ3) is 5.15. The highest BCUT2D eigenvalue weighted by atomic mass is 32.1. The zero-order valence-electron chi connectivity index (χ0n) is 23.1. The number of benzene rings is 2. The molecule has 2 N–H and O–H groups in total. The number of thiophene rings is 1. The number of amides is 1. The van der Waals surface area contributed by atoms with E-state index in [-0.39, 0.29) is 16.9 Å². The molecule has 1 aromatic heterocycles. The smallest absolute Gasteiger partial charge is 0.343 e. The summed E-state index contributed by atoms with van der Waals surface area (Å²) in [5.74, 6) is 1.41. The predicted molar refractivity (Wildman–Crippen MR) is 151 cm³/mol. The summed E-state index contributed by atoms with van der Waals surface area (Å²) in [6, 6.07) is 10.2. The van der Waals surface area contributed by atoms with Crippen LogP contribution in [0.5, 0.6) is 23.0 Å². The number of esters is 1. The van der Waals surface area contributed by atoms with E-state index in [1.54, 1.807) is 41.7 Å². The standard InChI is InChI=1S/C30H34N2O6S/c1-30(2,3)18-10-11-20-23(15-18)39-28-24(20)27(33)31-26(32-28)16-8-7-9-19(12-16)38-29(34)17-13-21(35-4)25(37-6)22(14-17)36-5/h7-9,12-14,18,26,32H,10-11,15H2,1-6H3,(H,31,33)/t18-,26-/m0/s1. The maximum absolute atomic E-state index is 13.2. The Hall–Kier alpha value is -3.72. The molecule has 2 aliphatic rings. The Bertz CT molecular complexity index is 1400. The van der Waals surface area contributed by atoms with E-state index in [0.29, 0.717) is 28.9 Å². The van der Waals surface area contributed by atoms with Crippen molar-refractivity contribution in [3.8, 4) is 23.0 Å². The maximum Gasteiger partial charge on any atom is 0.343 e. The Kier molecular flexibility index (Phi) is 7.20. The van der Waals surface area contributed by atoms with Crippen LogP contribution in [0.2, 0.25) is 0 Å². The summed E-state index contributed by atoms with van der Waals surface area (Å²) >= 11 is 1.69. The van der Waals surface area contributed by atoms with Crippen molar-refractivity contribution in [1.82, 2.24) is 5.32 Å². The highest BCUT2D eigenvalue weighted by Crippen LogP contribution is 2.46. The number of methoxy groups -OCH3 is 3. The molecule has 0 bridgehead atoms. The molecule has 0 fully saturated rings. The Balaban J connectivity index is 1.35. The van der Waals surface area contributed by atoms with Crippen molar-refractivity contribution in [3.05, 3.63) is 63.5 Å². The average Bonchev–Trinajstić information content (AvgIpc) is 3.30. The highest BCUT2D eigenvalue weighted by Gasteiger charge is 2.36. The lowest BCUT2D eigenvalue weighted by atomic mass is 9.72. The number of hydrogen-bond acceptors (Lipinski definition) is 8. The molecule has 0 saturated carbocycles. The number of rotatable bonds is 6. The molecule has 1 amide bonds. The first kappa shape index (κ1) is 26.9. The van der Waals surface area contributed by atoms with Gasteiger partial charge in [0.1, 0.15) is 16.9 Å². The summed E-state index contributed by atoms with van der Waals surface area (Å²) < 4.78 is 21.7. The van der Waals surface area contributed by atoms with Crippen LogP contribution >= 0.6 is 11.3 Å². The zero-order valence-corrected chi connectivity index (χ0v) is 23.9. The molecule has 0 radical (unpaired) electrons. The fraction of sp³-hybridized carbons (Fsp3) is 0.400. The summed E-state index contributed by atoms with van der Waals surface area (Å²) in [4.78, 5) is 27.6. The second kappa shape index (κ2) is 10.4. The second-order valence-electron chi connectivity index (χ2n) is 10.9. The minimum absolute atomic E-state index is 0.0692. The molecule has 8 nitrogen and oxygen atoms in total. The first-order valence-electron chi connectivity index (χ1n) is 13.0. The van der Waals surface area contributed by atoms with Crippen molar-refractivity contribution >= 4 is 28.2 Å². The lowest BCUT2D eigenvalue weighted by Crippen LogP contribution is -2.38. The van der Waals surface area contributed by atoms with Crippen molar-refractivity contribution in [2.75, 3.05) is 26.6 Å². The quantitative estimate of drug-likeness (QED) is 0.287. The van der Waals surface area contributed by atoms with Crippen LogP contribution in [0, 0.1) is 11.3 Å². The van der Waals surface area contributed by atoms with Crippen LogP contribution in [-0.4, -0.2) is 33.2 Å². The van der Waals surface area contributed by atoms with Gasteiger partial charge >= 0.3 is 5.97 Å². The topological polar surface area (TPSA) is 95.1 Å². The first-order valence-corrected chi connectivity index (χ1v) is 13.8. The molecule has 9 heteroatoms. The number of fused-ring (bicyclic) bond motifs is 3. The molecular formula is C30H34N2O6S. The predicted octanol–water partition coefficient (Wildman–Crippen LogP) is 6.00. The number of anilines is 1. The number of carbonyl (C=O) groups excluding carboxylic acids is 2. The Morgan fingerprint density at radius 1 is 1.00 bits per heavy atom. The molecule has 3 aromatic rings. The second-order valence-corrected chi connectivity index (χ2v) is 12.0. The fourth-order valence-electron chi connectivity index (χ4n) is 5.33. The molecule has 1 aliphatic heterocycles. The van der Waals surface area contributed by atoms with Crippen LogP contribution in [0.1, 0.15) is 70.1 Å². The van der Waals surface area contributed by atoms with E-state index in [1.807, 2.05) is 6.07 Å². The summed E-state index contributed by atoms with van der Waals surface area (Å²) in [6.07, 6.45) is 2.58. The van der Waals surface area contributed by atoms with Crippen molar-refractivity contribution in [3.63, 3.8) is 0 Å². The molecule has 206 valence electrons. The first-order chi connectivity index (χ1) is 18.6. The summed E-state index contributed by atoms with van der Waals surface area (Å²) in [5, 5.41) is 7.51. The van der Waals surface area contributed by atoms with Gasteiger partial charge < -0.3 is 29.6 Å². The van der Waals surface area contributed by atoms with Crippen LogP contribution in [0.3, 0.4) is 0 Å². The van der Waals surface area contributed by atoms with Gasteiger partial charge in [0.2, 0.25) is 5.75 Å². The molecule has 2 atom stereocenters. The van der Waals surface area contributed by atoms with Crippen molar-refractivity contribution in [1.29, 1.82) is 0 Å². The Morgan fingerprint density at radius 2 is 1.72 bits per heavy atom. The molecule has 5 rings (SSSR count). The minimum Gasteiger partial charge on any atom is -0.493 e. The van der Waals surface area contributed by atoms with E-state index in [9.17, 15) is 9.59 Å². The van der Waals surface area contributed by atoms with Gasteiger partial charge in [0.15, 0.2) is 11.5 Å². The van der Waals surface area contributed by atoms with Gasteiger partial charge in [0, 0.05) is 4.88 Å². The minimum atomic E-state index is -0.575. The molecular weight excluding hydrogens is 516 g/mol. The number of carbonyl (C=O) groups is 2. The number of nitrogens with one attached hydrogen (secondary N) is 2. The third-order valence-electron chi connectivity index (χ3n) is 7.57. The van der Waals surface area contributed by atoms with E-state index < -0.39 is 12.1 Å². The molecule has 39 heavy (non-hydrogen) atoms. The van der Waals surface area contributed by atoms with Crippen LogP contribution in [0.4, 0.5) is 5.00 Å². The molecule has 0 saturated heterocycles. The van der Waals surface area contributed by atoms with Gasteiger partial charge in [0.25, 0.3) is 5.91 Å². The largest absolute Gasteiger partial charge is 0.493 e. The number of ether oxygens (including phenoxy) is 4. The average molecular weight is 551 g/mol. The molecule has 2 heterocycles. The molecule has 0 spiro atoms. The highest BCUT2D eigenvalue weighted by molar-refractivity contribution is 7.16. The van der Waals surface area contributed by atoms with Crippen LogP contribution < -0.4 is 29.6 Å². The SMILES string of the molecule is COc1cc(C(=O)Oc2cccc([C@H]3NC(=O)c4c(sc5c4CC[C@H](C(C)(C)C)C5)N3)c2)cc(OC)c1OC. The van der Waals surface area contributed by atoms with Crippen LogP contribution in [0.25, 0.3) is 0 Å². The van der Waals surface area contributed by atoms with Gasteiger partial charge in [-0.3, -0.25) is 4.79 Å². The summed E-state index contributed by atoms with van der Waals surface area (Å²) in [6.45, 7) is 6.87. The van der Waals surface area contributed by atoms with Crippen molar-refractivity contribution in [2.24, 2.45) is 11.3 Å². The monoisotopic (exact) mass is 550 g/mol. The third-order valence-corrected chi connectivity index (χ3v) is 8.76. The normalized spacial score (nSPS) is 18.3. The lowest BCUT2D eigenvalue weighted by Gasteiger charge is -2.34. The molecule has 1 aliphatic carbocycles. The van der Waals surface area contributed by atoms with E-state index in [0.717, 1.165) is 35.4 Å². The van der Waals surface area contributed by atoms with Crippen LogP contribution in [-0.2, 0) is 12.8 Å². The fourth-order valence-corrected chi connectivity index (χ4v) is 6.68. The van der Waals surface area contributed by atoms with E-state index in [4.69, 9.17) is 18.9 Å². The zero-order chi connectivity index (χ0) is 27.9. The Morgan fingerprint density at radius 3 is 2.36 bits per heavy atom. The number of hydrogen-bond donors (Lipinski definition) is 2. The van der Waals surface area contributed by atoms with E-state index in [1.165, 1.54) is 31.8 Å². The van der Waals surface area contributed by atoms with E-state index in [2.05, 4.69) is 31.4 Å². The lowest BCUT2D eigenvalue weighted by molar-refractivity contribution is 0.0733. The van der Waals surface area contributed by atoms with Gasteiger partial charge in [-0.1, -0.05) is 32.9 Å². The Labute approximate surface area is 232 Å². The van der Waals surface area contributed by atoms with Gasteiger partial charge in [0.05, 0.1) is 32.5 Å². The van der Waals surface area contributed by atoms with Gasteiger partial charge in [-0.15, -0.1) is 11.3 Å². The molecule has 0 unspecified atom stereocenters. The van der Waals surface area contributed by atoms with Crippen LogP contribution in [0.15, 0.2) is 36.4 Å². The summed E-state index contributed by atoms with van der Waals surface area (Å²) in [5.41, 5.74) is 3.24. The summed E-state index contributed by atoms with van der Waals surface area (Å²) in [7, 11) is 4.47. The van der Waals surface area contributed by atoms with Gasteiger partial charge in [-0.25, -0.2) is 4.79 Å². The van der Waals surface area contributed by atoms with Gasteiger partial charge in [-0.2, -0.15) is 0 Å². The van der Waals surface area contributed by atoms with Crippen molar-refractivity contribution < 1.29 is 28.5 Å². The van der Waals surface area contributed by atoms with Crippen molar-refractivity contribution in [2.45, 2.75) is 46.2 Å². The van der Waals surface area contributed by atoms with E-state index >= 15 is 0 Å².